The molecule has 372 valence electrons. The van der Waals surface area contributed by atoms with E-state index in [2.05, 4.69) is 42.0 Å². The van der Waals surface area contributed by atoms with Gasteiger partial charge in [-0.05, 0) is 109 Å². The summed E-state index contributed by atoms with van der Waals surface area (Å²) in [4.78, 5) is 116. The molecule has 4 N–H and O–H groups in total. The molecule has 2 aromatic rings. The van der Waals surface area contributed by atoms with E-state index in [4.69, 9.17) is 0 Å². The van der Waals surface area contributed by atoms with Crippen molar-refractivity contribution in [1.29, 1.82) is 0 Å². The molecule has 0 aromatic heterocycles. The monoisotopic (exact) mass is 947 g/mol. The molecular formula is C55H74N6O8. The van der Waals surface area contributed by atoms with Crippen molar-refractivity contribution in [2.75, 3.05) is 13.1 Å². The third-order valence-electron chi connectivity index (χ3n) is 16.7. The molecule has 6 fully saturated rings. The zero-order chi connectivity index (χ0) is 49.5. The molecule has 14 nitrogen and oxygen atoms in total. The number of carbonyl (C=O) groups is 8. The van der Waals surface area contributed by atoms with Gasteiger partial charge < -0.3 is 31.1 Å². The largest absolute Gasteiger partial charge is 0.347 e. The molecule has 0 radical (unpaired) electrons. The molecule has 2 saturated heterocycles. The summed E-state index contributed by atoms with van der Waals surface area (Å²) in [6, 6.07) is 15.4. The Morgan fingerprint density at radius 2 is 1.09 bits per heavy atom. The molecule has 2 heterocycles. The van der Waals surface area contributed by atoms with Crippen molar-refractivity contribution in [1.82, 2.24) is 31.1 Å². The second kappa shape index (κ2) is 20.5. The Bertz CT molecular complexity index is 2280. The van der Waals surface area contributed by atoms with E-state index in [0.29, 0.717) is 45.2 Å². The topological polar surface area (TPSA) is 191 Å². The zero-order valence-electron chi connectivity index (χ0n) is 41.6. The van der Waals surface area contributed by atoms with E-state index >= 15 is 4.79 Å². The number of amides is 6. The summed E-state index contributed by atoms with van der Waals surface area (Å²) in [5, 5.41) is 11.5. The van der Waals surface area contributed by atoms with Crippen molar-refractivity contribution >= 4 is 47.0 Å². The highest BCUT2D eigenvalue weighted by Crippen LogP contribution is 2.65. The van der Waals surface area contributed by atoms with Crippen LogP contribution >= 0.6 is 0 Å². The number of Topliss-reactive ketones (excluding diaryl/α,β-unsaturated/α-hetero) is 2. The standard InChI is InChI=1S/C55H74N6O8/c1-8-16-40(47(62)51(66)56-36-22-23-36)58-49(64)45-38-27-34(26-35(38)28-60(45)53(68)42(30(3)4)32-18-12-10-13-19-32)31(5)43(33-20-14-11-15-21-33)54(69)61-29-39-44(55(39,6)7)46(61)50(65)59-41(17-9-2)48(63)52(67)57-37-24-25-37/h10-15,18-21,30-31,34-46H,8-9,16-17,22-29H2,1-7H3,(H,56,66)(H,57,67)(H,58,64)(H,59,65)/t31?,34?,35-,38-,39-,40+,41+,42+,43+,44-,45?,46?/m0/s1. The van der Waals surface area contributed by atoms with E-state index in [0.717, 1.165) is 36.8 Å². The van der Waals surface area contributed by atoms with E-state index in [1.807, 2.05) is 88.4 Å². The lowest BCUT2D eigenvalue weighted by Gasteiger charge is -2.37. The van der Waals surface area contributed by atoms with Crippen molar-refractivity contribution < 1.29 is 38.4 Å². The average molecular weight is 947 g/mol. The minimum absolute atomic E-state index is 0.00656. The molecule has 12 atom stereocenters. The Hall–Kier alpha value is -5.40. The van der Waals surface area contributed by atoms with Crippen LogP contribution in [-0.2, 0) is 38.4 Å². The van der Waals surface area contributed by atoms with Crippen molar-refractivity contribution in [2.24, 2.45) is 46.8 Å². The number of hydrogen-bond donors (Lipinski definition) is 4. The quantitative estimate of drug-likeness (QED) is 0.119. The fourth-order valence-electron chi connectivity index (χ4n) is 12.5. The molecule has 6 aliphatic rings. The van der Waals surface area contributed by atoms with Crippen LogP contribution in [-0.4, -0.2) is 106 Å². The molecule has 4 saturated carbocycles. The molecule has 2 aliphatic heterocycles. The molecule has 2 aromatic carbocycles. The van der Waals surface area contributed by atoms with Gasteiger partial charge in [0.05, 0.1) is 23.9 Å². The fourth-order valence-corrected chi connectivity index (χ4v) is 12.5. The summed E-state index contributed by atoms with van der Waals surface area (Å²) in [6.07, 6.45) is 6.19. The second-order valence-corrected chi connectivity index (χ2v) is 22.3. The number of likely N-dealkylation sites (tertiary alicyclic amines) is 2. The molecule has 4 unspecified atom stereocenters. The van der Waals surface area contributed by atoms with Crippen LogP contribution in [0.25, 0.3) is 0 Å². The predicted molar refractivity (Wildman–Crippen MR) is 260 cm³/mol. The number of ketones is 2. The average Bonchev–Trinajstić information content (AvgIpc) is 4.27. The van der Waals surface area contributed by atoms with Gasteiger partial charge in [-0.2, -0.15) is 0 Å². The summed E-state index contributed by atoms with van der Waals surface area (Å²) in [5.41, 5.74) is 1.49. The summed E-state index contributed by atoms with van der Waals surface area (Å²) < 4.78 is 0. The Morgan fingerprint density at radius 1 is 0.623 bits per heavy atom. The Kier molecular flexibility index (Phi) is 14.9. The third kappa shape index (κ3) is 10.4. The van der Waals surface area contributed by atoms with Gasteiger partial charge in [0.25, 0.3) is 11.8 Å². The van der Waals surface area contributed by atoms with Gasteiger partial charge in [0.2, 0.25) is 35.2 Å². The summed E-state index contributed by atoms with van der Waals surface area (Å²) in [6.45, 7) is 14.9. The number of carbonyl (C=O) groups excluding carboxylic acids is 8. The lowest BCUT2D eigenvalue weighted by atomic mass is 9.76. The molecule has 14 heteroatoms. The van der Waals surface area contributed by atoms with Crippen molar-refractivity contribution in [3.63, 3.8) is 0 Å². The first-order chi connectivity index (χ1) is 33.0. The van der Waals surface area contributed by atoms with Gasteiger partial charge in [-0.3, -0.25) is 38.4 Å². The van der Waals surface area contributed by atoms with Crippen LogP contribution in [0.3, 0.4) is 0 Å². The Morgan fingerprint density at radius 3 is 1.57 bits per heavy atom. The second-order valence-electron chi connectivity index (χ2n) is 22.3. The maximum absolute atomic E-state index is 15.5. The van der Waals surface area contributed by atoms with Crippen LogP contribution in [0.1, 0.15) is 136 Å². The minimum atomic E-state index is -1.04. The SMILES string of the molecule is CCC[C@@H](NC(=O)C1[C@H]2CC(C(C)[C@@H](C(=O)N3C[C@H]4[C@@H](C3C(=O)N[C@H](CCC)C(=O)C(=O)NC3CC3)C4(C)C)c3ccccc3)C[C@H]2CN1C(=O)[C@@H](c1ccccc1)C(C)C)C(=O)C(=O)NC1CC1. The van der Waals surface area contributed by atoms with E-state index in [1.54, 1.807) is 9.80 Å². The van der Waals surface area contributed by atoms with Gasteiger partial charge in [0.15, 0.2) is 0 Å². The van der Waals surface area contributed by atoms with Crippen molar-refractivity contribution in [3.8, 4) is 0 Å². The summed E-state index contributed by atoms with van der Waals surface area (Å²) in [5.74, 6) is -5.83. The molecular weight excluding hydrogens is 873 g/mol. The first kappa shape index (κ1) is 50.0. The maximum atomic E-state index is 15.5. The van der Waals surface area contributed by atoms with Gasteiger partial charge in [0.1, 0.15) is 12.1 Å². The lowest BCUT2D eigenvalue weighted by molar-refractivity contribution is -0.145. The summed E-state index contributed by atoms with van der Waals surface area (Å²) in [7, 11) is 0. The predicted octanol–water partition coefficient (Wildman–Crippen LogP) is 5.45. The third-order valence-corrected chi connectivity index (χ3v) is 16.7. The number of nitrogens with one attached hydrogen (secondary N) is 4. The molecule has 0 spiro atoms. The van der Waals surface area contributed by atoms with Gasteiger partial charge in [0, 0.05) is 25.2 Å². The van der Waals surface area contributed by atoms with Crippen LogP contribution in [0, 0.1) is 46.8 Å². The molecule has 6 amide bonds. The highest BCUT2D eigenvalue weighted by molar-refractivity contribution is 6.39. The van der Waals surface area contributed by atoms with E-state index in [-0.39, 0.29) is 77.2 Å². The van der Waals surface area contributed by atoms with Gasteiger partial charge in [-0.25, -0.2) is 0 Å². The number of fused-ring (bicyclic) bond motifs is 2. The number of benzene rings is 2. The Labute approximate surface area is 407 Å². The molecule has 4 aliphatic carbocycles. The first-order valence-electron chi connectivity index (χ1n) is 26.0. The number of rotatable bonds is 21. The van der Waals surface area contributed by atoms with Gasteiger partial charge in [-0.1, -0.05) is 122 Å². The van der Waals surface area contributed by atoms with Crippen LogP contribution in [0.5, 0.6) is 0 Å². The van der Waals surface area contributed by atoms with Gasteiger partial charge in [-0.15, -0.1) is 0 Å². The van der Waals surface area contributed by atoms with E-state index < -0.39 is 71.2 Å². The van der Waals surface area contributed by atoms with E-state index in [1.165, 1.54) is 0 Å². The van der Waals surface area contributed by atoms with Crippen LogP contribution in [0.2, 0.25) is 0 Å². The summed E-state index contributed by atoms with van der Waals surface area (Å²) >= 11 is 0. The lowest BCUT2D eigenvalue weighted by Crippen LogP contribution is -2.56. The molecule has 8 rings (SSSR count). The number of piperidine rings is 1. The van der Waals surface area contributed by atoms with Crippen molar-refractivity contribution in [2.45, 2.75) is 161 Å². The number of nitrogens with zero attached hydrogens (tertiary/aromatic N) is 2. The normalized spacial score (nSPS) is 27.5. The first-order valence-corrected chi connectivity index (χ1v) is 26.0. The van der Waals surface area contributed by atoms with E-state index in [9.17, 15) is 33.6 Å². The zero-order valence-corrected chi connectivity index (χ0v) is 41.6. The van der Waals surface area contributed by atoms with Gasteiger partial charge >= 0.3 is 0 Å². The maximum Gasteiger partial charge on any atom is 0.289 e. The van der Waals surface area contributed by atoms with Crippen LogP contribution in [0.4, 0.5) is 0 Å². The number of hydrogen-bond acceptors (Lipinski definition) is 8. The molecule has 69 heavy (non-hydrogen) atoms. The Balaban J connectivity index is 1.06. The highest BCUT2D eigenvalue weighted by atomic mass is 16.2. The van der Waals surface area contributed by atoms with Crippen LogP contribution < -0.4 is 21.3 Å². The smallest absolute Gasteiger partial charge is 0.289 e. The van der Waals surface area contributed by atoms with Crippen molar-refractivity contribution in [3.05, 3.63) is 71.8 Å². The van der Waals surface area contributed by atoms with Crippen LogP contribution in [0.15, 0.2) is 60.7 Å². The molecule has 0 bridgehead atoms. The highest BCUT2D eigenvalue weighted by Gasteiger charge is 2.70. The fraction of sp³-hybridized carbons (Fsp3) is 0.636. The minimum Gasteiger partial charge on any atom is -0.347 e.